The molecular formula is C14H28N2. The van der Waals surface area contributed by atoms with Gasteiger partial charge in [-0.25, -0.2) is 0 Å². The first-order valence-corrected chi connectivity index (χ1v) is 7.18. The molecule has 2 aliphatic carbocycles. The van der Waals surface area contributed by atoms with Crippen LogP contribution in [0.1, 0.15) is 57.8 Å². The van der Waals surface area contributed by atoms with Crippen LogP contribution in [0.5, 0.6) is 0 Å². The molecule has 0 saturated heterocycles. The fourth-order valence-corrected chi connectivity index (χ4v) is 3.36. The van der Waals surface area contributed by atoms with Gasteiger partial charge >= 0.3 is 0 Å². The van der Waals surface area contributed by atoms with E-state index in [1.807, 2.05) is 0 Å². The Balaban J connectivity index is 1.73. The number of nitrogens with one attached hydrogen (secondary N) is 1. The fraction of sp³-hybridized carbons (Fsp3) is 1.00. The van der Waals surface area contributed by atoms with Crippen molar-refractivity contribution in [3.63, 3.8) is 0 Å². The molecule has 0 aromatic heterocycles. The van der Waals surface area contributed by atoms with Gasteiger partial charge in [0.1, 0.15) is 0 Å². The third-order valence-electron chi connectivity index (χ3n) is 4.46. The van der Waals surface area contributed by atoms with Crippen LogP contribution < -0.4 is 5.32 Å². The van der Waals surface area contributed by atoms with Gasteiger partial charge in [-0.1, -0.05) is 25.7 Å². The van der Waals surface area contributed by atoms with Crippen molar-refractivity contribution >= 4 is 0 Å². The molecule has 2 heteroatoms. The minimum atomic E-state index is 0.801. The molecule has 2 rings (SSSR count). The maximum Gasteiger partial charge on any atom is 0.0105 e. The number of hydrogen-bond acceptors (Lipinski definition) is 2. The lowest BCUT2D eigenvalue weighted by atomic mass is 10.1. The van der Waals surface area contributed by atoms with E-state index >= 15 is 0 Å². The second-order valence-electron chi connectivity index (χ2n) is 5.98. The van der Waals surface area contributed by atoms with Crippen LogP contribution in [0.15, 0.2) is 0 Å². The van der Waals surface area contributed by atoms with E-state index in [4.69, 9.17) is 0 Å². The van der Waals surface area contributed by atoms with E-state index in [0.717, 1.165) is 18.1 Å². The van der Waals surface area contributed by atoms with E-state index in [1.165, 1.54) is 57.8 Å². The topological polar surface area (TPSA) is 15.3 Å². The predicted molar refractivity (Wildman–Crippen MR) is 69.7 cm³/mol. The van der Waals surface area contributed by atoms with Crippen LogP contribution in [0, 0.1) is 0 Å². The smallest absolute Gasteiger partial charge is 0.0105 e. The van der Waals surface area contributed by atoms with Crippen molar-refractivity contribution in [2.75, 3.05) is 14.1 Å². The summed E-state index contributed by atoms with van der Waals surface area (Å²) in [7, 11) is 4.44. The van der Waals surface area contributed by atoms with Crippen molar-refractivity contribution in [3.8, 4) is 0 Å². The molecule has 2 nitrogen and oxygen atoms in total. The second-order valence-corrected chi connectivity index (χ2v) is 5.98. The summed E-state index contributed by atoms with van der Waals surface area (Å²) in [6, 6.07) is 2.45. The number of nitrogens with zero attached hydrogens (tertiary/aromatic N) is 1. The lowest BCUT2D eigenvalue weighted by Crippen LogP contribution is -2.37. The standard InChI is InChI=1S/C14H28N2/c1-16(2)14-10-9-13(11-14)15-12-7-5-3-4-6-8-12/h12-15H,3-11H2,1-2H3. The molecule has 2 unspecified atom stereocenters. The van der Waals surface area contributed by atoms with Gasteiger partial charge in [-0.15, -0.1) is 0 Å². The van der Waals surface area contributed by atoms with Crippen molar-refractivity contribution < 1.29 is 0 Å². The largest absolute Gasteiger partial charge is 0.311 e. The van der Waals surface area contributed by atoms with E-state index in [0.29, 0.717) is 0 Å². The van der Waals surface area contributed by atoms with E-state index in [1.54, 1.807) is 0 Å². The summed E-state index contributed by atoms with van der Waals surface area (Å²) in [6.45, 7) is 0. The first kappa shape index (κ1) is 12.4. The van der Waals surface area contributed by atoms with Crippen LogP contribution in [0.4, 0.5) is 0 Å². The first-order valence-electron chi connectivity index (χ1n) is 7.18. The van der Waals surface area contributed by atoms with Gasteiger partial charge in [0, 0.05) is 18.1 Å². The minimum Gasteiger partial charge on any atom is -0.311 e. The molecule has 0 aliphatic heterocycles. The SMILES string of the molecule is CN(C)C1CCC(NC2CCCCCC2)C1. The highest BCUT2D eigenvalue weighted by Crippen LogP contribution is 2.25. The molecule has 0 heterocycles. The minimum absolute atomic E-state index is 0.801. The maximum absolute atomic E-state index is 3.92. The number of rotatable bonds is 3. The van der Waals surface area contributed by atoms with Crippen molar-refractivity contribution in [1.82, 2.24) is 10.2 Å². The molecule has 0 amide bonds. The fourth-order valence-electron chi connectivity index (χ4n) is 3.36. The highest BCUT2D eigenvalue weighted by Gasteiger charge is 2.27. The van der Waals surface area contributed by atoms with Crippen LogP contribution in [-0.4, -0.2) is 37.1 Å². The summed E-state index contributed by atoms with van der Waals surface area (Å²) in [5, 5.41) is 3.92. The van der Waals surface area contributed by atoms with Crippen molar-refractivity contribution in [1.29, 1.82) is 0 Å². The molecule has 0 spiro atoms. The van der Waals surface area contributed by atoms with Gasteiger partial charge in [-0.05, 0) is 46.2 Å². The zero-order valence-corrected chi connectivity index (χ0v) is 11.0. The molecule has 2 saturated carbocycles. The summed E-state index contributed by atoms with van der Waals surface area (Å²) in [5.74, 6) is 0. The Bertz CT molecular complexity index is 195. The molecule has 1 N–H and O–H groups in total. The van der Waals surface area contributed by atoms with Gasteiger partial charge in [0.05, 0.1) is 0 Å². The van der Waals surface area contributed by atoms with Crippen LogP contribution in [0.25, 0.3) is 0 Å². The molecule has 0 radical (unpaired) electrons. The zero-order chi connectivity index (χ0) is 11.4. The molecule has 0 aromatic carbocycles. The molecule has 2 fully saturated rings. The van der Waals surface area contributed by atoms with Crippen LogP contribution in [-0.2, 0) is 0 Å². The molecule has 16 heavy (non-hydrogen) atoms. The molecule has 0 bridgehead atoms. The van der Waals surface area contributed by atoms with Crippen molar-refractivity contribution in [2.24, 2.45) is 0 Å². The lowest BCUT2D eigenvalue weighted by Gasteiger charge is -2.23. The normalized spacial score (nSPS) is 33.2. The monoisotopic (exact) mass is 224 g/mol. The van der Waals surface area contributed by atoms with Crippen molar-refractivity contribution in [2.45, 2.75) is 75.9 Å². The molecule has 2 atom stereocenters. The molecular weight excluding hydrogens is 196 g/mol. The molecule has 94 valence electrons. The van der Waals surface area contributed by atoms with Gasteiger partial charge in [-0.2, -0.15) is 0 Å². The van der Waals surface area contributed by atoms with E-state index < -0.39 is 0 Å². The second kappa shape index (κ2) is 6.02. The predicted octanol–water partition coefficient (Wildman–Crippen LogP) is 2.78. The van der Waals surface area contributed by atoms with Crippen LogP contribution >= 0.6 is 0 Å². The highest BCUT2D eigenvalue weighted by molar-refractivity contribution is 4.87. The Morgan fingerprint density at radius 2 is 1.50 bits per heavy atom. The van der Waals surface area contributed by atoms with E-state index in [2.05, 4.69) is 24.3 Å². The summed E-state index contributed by atoms with van der Waals surface area (Å²) in [5.41, 5.74) is 0. The Hall–Kier alpha value is -0.0800. The average Bonchev–Trinajstić information content (AvgIpc) is 2.56. The van der Waals surface area contributed by atoms with Gasteiger partial charge in [0.25, 0.3) is 0 Å². The van der Waals surface area contributed by atoms with Crippen LogP contribution in [0.2, 0.25) is 0 Å². The van der Waals surface area contributed by atoms with Crippen molar-refractivity contribution in [3.05, 3.63) is 0 Å². The summed E-state index contributed by atoms with van der Waals surface area (Å²) < 4.78 is 0. The molecule has 0 aromatic rings. The Morgan fingerprint density at radius 1 is 0.812 bits per heavy atom. The highest BCUT2D eigenvalue weighted by atomic mass is 15.1. The molecule has 2 aliphatic rings. The summed E-state index contributed by atoms with van der Waals surface area (Å²) in [6.07, 6.45) is 12.8. The number of hydrogen-bond donors (Lipinski definition) is 1. The van der Waals surface area contributed by atoms with E-state index in [-0.39, 0.29) is 0 Å². The Kier molecular flexibility index (Phi) is 4.66. The van der Waals surface area contributed by atoms with Crippen LogP contribution in [0.3, 0.4) is 0 Å². The third-order valence-corrected chi connectivity index (χ3v) is 4.46. The van der Waals surface area contributed by atoms with Gasteiger partial charge in [0.15, 0.2) is 0 Å². The Morgan fingerprint density at radius 3 is 2.06 bits per heavy atom. The van der Waals surface area contributed by atoms with E-state index in [9.17, 15) is 0 Å². The summed E-state index contributed by atoms with van der Waals surface area (Å²) in [4.78, 5) is 2.40. The summed E-state index contributed by atoms with van der Waals surface area (Å²) >= 11 is 0. The van der Waals surface area contributed by atoms with Gasteiger partial charge in [-0.3, -0.25) is 0 Å². The van der Waals surface area contributed by atoms with Gasteiger partial charge < -0.3 is 10.2 Å². The maximum atomic E-state index is 3.92. The lowest BCUT2D eigenvalue weighted by molar-refractivity contribution is 0.288. The third kappa shape index (κ3) is 3.46. The first-order chi connectivity index (χ1) is 7.75. The van der Waals surface area contributed by atoms with Gasteiger partial charge in [0.2, 0.25) is 0 Å². The Labute approximate surface area is 101 Å². The average molecular weight is 224 g/mol. The quantitative estimate of drug-likeness (QED) is 0.742. The zero-order valence-electron chi connectivity index (χ0n) is 11.0.